The highest BCUT2D eigenvalue weighted by Gasteiger charge is 2.12. The third-order valence-corrected chi connectivity index (χ3v) is 1.91. The van der Waals surface area contributed by atoms with Crippen molar-refractivity contribution in [3.8, 4) is 5.75 Å². The van der Waals surface area contributed by atoms with Crippen LogP contribution in [-0.4, -0.2) is 18.2 Å². The van der Waals surface area contributed by atoms with Gasteiger partial charge in [0, 0.05) is 5.56 Å². The number of halogens is 2. The lowest BCUT2D eigenvalue weighted by atomic mass is 10.1. The number of carboxylic acids is 1. The second kappa shape index (κ2) is 4.28. The summed E-state index contributed by atoms with van der Waals surface area (Å²) in [5, 5.41) is 8.62. The maximum absolute atomic E-state index is 12.9. The second-order valence-electron chi connectivity index (χ2n) is 2.65. The van der Waals surface area contributed by atoms with Crippen molar-refractivity contribution in [3.05, 3.63) is 28.5 Å². The van der Waals surface area contributed by atoms with Crippen LogP contribution >= 0.6 is 11.6 Å². The summed E-state index contributed by atoms with van der Waals surface area (Å²) in [6.07, 6.45) is -0.319. The lowest BCUT2D eigenvalue weighted by Gasteiger charge is -2.08. The Morgan fingerprint density at radius 1 is 1.64 bits per heavy atom. The smallest absolute Gasteiger partial charge is 0.307 e. The van der Waals surface area contributed by atoms with Crippen LogP contribution in [-0.2, 0) is 11.2 Å². The van der Waals surface area contributed by atoms with Gasteiger partial charge in [-0.25, -0.2) is 4.39 Å². The van der Waals surface area contributed by atoms with Gasteiger partial charge in [-0.05, 0) is 12.1 Å². The molecule has 3 nitrogen and oxygen atoms in total. The molecule has 5 heteroatoms. The number of methoxy groups -OCH3 is 1. The molecule has 0 unspecified atom stereocenters. The molecule has 1 aromatic carbocycles. The Morgan fingerprint density at radius 2 is 2.29 bits per heavy atom. The van der Waals surface area contributed by atoms with E-state index in [9.17, 15) is 9.18 Å². The van der Waals surface area contributed by atoms with E-state index in [1.54, 1.807) is 0 Å². The van der Waals surface area contributed by atoms with Gasteiger partial charge in [0.2, 0.25) is 0 Å². The van der Waals surface area contributed by atoms with Gasteiger partial charge in [0.05, 0.1) is 18.6 Å². The summed E-state index contributed by atoms with van der Waals surface area (Å²) in [4.78, 5) is 10.4. The summed E-state index contributed by atoms with van der Waals surface area (Å²) in [6.45, 7) is 0. The molecule has 0 aliphatic heterocycles. The summed E-state index contributed by atoms with van der Waals surface area (Å²) in [5.74, 6) is -1.44. The molecule has 0 bridgehead atoms. The number of carbonyl (C=O) groups is 1. The minimum atomic E-state index is -1.06. The topological polar surface area (TPSA) is 46.5 Å². The molecule has 0 radical (unpaired) electrons. The van der Waals surface area contributed by atoms with E-state index in [1.807, 2.05) is 0 Å². The number of hydrogen-bond donors (Lipinski definition) is 1. The van der Waals surface area contributed by atoms with E-state index in [1.165, 1.54) is 7.11 Å². The number of aliphatic carboxylic acids is 1. The van der Waals surface area contributed by atoms with Crippen molar-refractivity contribution in [2.75, 3.05) is 7.11 Å². The number of rotatable bonds is 3. The van der Waals surface area contributed by atoms with Crippen LogP contribution in [0.3, 0.4) is 0 Å². The van der Waals surface area contributed by atoms with Crippen LogP contribution in [0.1, 0.15) is 5.56 Å². The standard InChI is InChI=1S/C9H8ClFO3/c1-14-9-5(3-8(12)13)2-6(11)4-7(9)10/h2,4H,3H2,1H3,(H,12,13). The van der Waals surface area contributed by atoms with E-state index in [2.05, 4.69) is 0 Å². The van der Waals surface area contributed by atoms with Gasteiger partial charge in [-0.2, -0.15) is 0 Å². The van der Waals surface area contributed by atoms with Crippen molar-refractivity contribution >= 4 is 17.6 Å². The highest BCUT2D eigenvalue weighted by atomic mass is 35.5. The summed E-state index contributed by atoms with van der Waals surface area (Å²) < 4.78 is 17.7. The molecular formula is C9H8ClFO3. The first-order valence-corrected chi connectivity index (χ1v) is 4.16. The van der Waals surface area contributed by atoms with E-state index < -0.39 is 11.8 Å². The normalized spacial score (nSPS) is 9.93. The van der Waals surface area contributed by atoms with E-state index in [0.717, 1.165) is 12.1 Å². The van der Waals surface area contributed by atoms with Crippen LogP contribution in [0.5, 0.6) is 5.75 Å². The van der Waals surface area contributed by atoms with Crippen LogP contribution in [0, 0.1) is 5.82 Å². The molecule has 0 aliphatic rings. The van der Waals surface area contributed by atoms with Crippen LogP contribution in [0.4, 0.5) is 4.39 Å². The van der Waals surface area contributed by atoms with Gasteiger partial charge in [0.25, 0.3) is 0 Å². The lowest BCUT2D eigenvalue weighted by Crippen LogP contribution is -2.03. The number of carboxylic acid groups (broad SMARTS) is 1. The lowest BCUT2D eigenvalue weighted by molar-refractivity contribution is -0.136. The third kappa shape index (κ3) is 2.35. The molecule has 0 saturated heterocycles. The quantitative estimate of drug-likeness (QED) is 0.845. The average Bonchev–Trinajstić information content (AvgIpc) is 2.01. The largest absolute Gasteiger partial charge is 0.495 e. The van der Waals surface area contributed by atoms with Gasteiger partial charge in [-0.15, -0.1) is 0 Å². The van der Waals surface area contributed by atoms with E-state index in [4.69, 9.17) is 21.4 Å². The van der Waals surface area contributed by atoms with Crippen LogP contribution in [0.15, 0.2) is 12.1 Å². The summed E-state index contributed by atoms with van der Waals surface area (Å²) >= 11 is 5.66. The van der Waals surface area contributed by atoms with Gasteiger partial charge < -0.3 is 9.84 Å². The maximum atomic E-state index is 12.9. The predicted octanol–water partition coefficient (Wildman–Crippen LogP) is 2.11. The Kier molecular flexibility index (Phi) is 3.30. The fourth-order valence-corrected chi connectivity index (χ4v) is 1.44. The van der Waals surface area contributed by atoms with Gasteiger partial charge in [0.15, 0.2) is 0 Å². The van der Waals surface area contributed by atoms with Crippen molar-refractivity contribution < 1.29 is 19.0 Å². The summed E-state index contributed by atoms with van der Waals surface area (Å²) in [7, 11) is 1.35. The van der Waals surface area contributed by atoms with E-state index in [-0.39, 0.29) is 22.8 Å². The SMILES string of the molecule is COc1c(Cl)cc(F)cc1CC(=O)O. The first-order chi connectivity index (χ1) is 6.54. The Balaban J connectivity index is 3.17. The average molecular weight is 219 g/mol. The summed E-state index contributed by atoms with van der Waals surface area (Å²) in [5.41, 5.74) is 0.227. The van der Waals surface area contributed by atoms with Crippen LogP contribution in [0.2, 0.25) is 5.02 Å². The molecule has 0 spiro atoms. The van der Waals surface area contributed by atoms with Crippen molar-refractivity contribution in [3.63, 3.8) is 0 Å². The van der Waals surface area contributed by atoms with Crippen LogP contribution < -0.4 is 4.74 Å². The van der Waals surface area contributed by atoms with Gasteiger partial charge in [-0.3, -0.25) is 4.79 Å². The second-order valence-corrected chi connectivity index (χ2v) is 3.06. The van der Waals surface area contributed by atoms with Gasteiger partial charge in [-0.1, -0.05) is 11.6 Å². The fourth-order valence-electron chi connectivity index (χ4n) is 1.14. The zero-order valence-electron chi connectivity index (χ0n) is 7.38. The van der Waals surface area contributed by atoms with E-state index in [0.29, 0.717) is 0 Å². The van der Waals surface area contributed by atoms with Crippen LogP contribution in [0.25, 0.3) is 0 Å². The van der Waals surface area contributed by atoms with Gasteiger partial charge in [0.1, 0.15) is 11.6 Å². The number of hydrogen-bond acceptors (Lipinski definition) is 2. The molecule has 1 aromatic rings. The molecule has 0 heterocycles. The highest BCUT2D eigenvalue weighted by Crippen LogP contribution is 2.29. The zero-order valence-corrected chi connectivity index (χ0v) is 8.14. The maximum Gasteiger partial charge on any atom is 0.307 e. The molecule has 0 aromatic heterocycles. The molecule has 1 rings (SSSR count). The Hall–Kier alpha value is -1.29. The first-order valence-electron chi connectivity index (χ1n) is 3.78. The molecule has 76 valence electrons. The molecule has 0 aliphatic carbocycles. The van der Waals surface area contributed by atoms with Crippen molar-refractivity contribution in [2.24, 2.45) is 0 Å². The Bertz CT molecular complexity index is 365. The molecule has 0 saturated carbocycles. The van der Waals surface area contributed by atoms with Crippen molar-refractivity contribution in [1.29, 1.82) is 0 Å². The van der Waals surface area contributed by atoms with Crippen molar-refractivity contribution in [1.82, 2.24) is 0 Å². The predicted molar refractivity (Wildman–Crippen MR) is 49.3 cm³/mol. The first kappa shape index (κ1) is 10.8. The van der Waals surface area contributed by atoms with Crippen molar-refractivity contribution in [2.45, 2.75) is 6.42 Å². The molecular weight excluding hydrogens is 211 g/mol. The number of ether oxygens (including phenoxy) is 1. The monoisotopic (exact) mass is 218 g/mol. The summed E-state index contributed by atoms with van der Waals surface area (Å²) in [6, 6.07) is 2.17. The molecule has 0 amide bonds. The minimum absolute atomic E-state index is 0.0729. The molecule has 1 N–H and O–H groups in total. The third-order valence-electron chi connectivity index (χ3n) is 1.63. The zero-order chi connectivity index (χ0) is 10.7. The highest BCUT2D eigenvalue weighted by molar-refractivity contribution is 6.32. The molecule has 0 fully saturated rings. The Morgan fingerprint density at radius 3 is 2.79 bits per heavy atom. The molecule has 14 heavy (non-hydrogen) atoms. The van der Waals surface area contributed by atoms with Gasteiger partial charge >= 0.3 is 5.97 Å². The fraction of sp³-hybridized carbons (Fsp3) is 0.222. The van der Waals surface area contributed by atoms with E-state index >= 15 is 0 Å². The minimum Gasteiger partial charge on any atom is -0.495 e. The number of benzene rings is 1. The Labute approximate surface area is 85.1 Å². The molecule has 0 atom stereocenters.